The highest BCUT2D eigenvalue weighted by molar-refractivity contribution is 6.71. The Hall–Kier alpha value is -1.84. The highest BCUT2D eigenvalue weighted by Crippen LogP contribution is 2.43. The van der Waals surface area contributed by atoms with Crippen molar-refractivity contribution >= 4 is 18.2 Å². The molecule has 1 heterocycles. The lowest BCUT2D eigenvalue weighted by molar-refractivity contribution is 0.00578. The molecular weight excluding hydrogens is 307 g/mol. The predicted molar refractivity (Wildman–Crippen MR) is 106 cm³/mol. The molecule has 1 saturated heterocycles. The number of hydrogen-bond donors (Lipinski definition) is 0. The summed E-state index contributed by atoms with van der Waals surface area (Å²) in [5.41, 5.74) is 4.07. The van der Waals surface area contributed by atoms with Crippen LogP contribution in [0.5, 0.6) is 0 Å². The van der Waals surface area contributed by atoms with Crippen molar-refractivity contribution in [2.75, 3.05) is 0 Å². The molecule has 0 saturated carbocycles. The second-order valence-corrected chi connectivity index (χ2v) is 7.57. The summed E-state index contributed by atoms with van der Waals surface area (Å²) in [6.07, 6.45) is 0.915. The second-order valence-electron chi connectivity index (χ2n) is 7.57. The van der Waals surface area contributed by atoms with Crippen molar-refractivity contribution < 1.29 is 9.31 Å². The van der Waals surface area contributed by atoms with E-state index >= 15 is 0 Å². The highest BCUT2D eigenvalue weighted by Gasteiger charge is 2.53. The van der Waals surface area contributed by atoms with Crippen molar-refractivity contribution in [1.29, 1.82) is 0 Å². The molecule has 0 amide bonds. The van der Waals surface area contributed by atoms with E-state index in [1.165, 1.54) is 11.1 Å². The van der Waals surface area contributed by atoms with E-state index < -0.39 is 0 Å². The van der Waals surface area contributed by atoms with E-state index in [4.69, 9.17) is 9.31 Å². The molecule has 0 aliphatic carbocycles. The van der Waals surface area contributed by atoms with Crippen molar-refractivity contribution in [3.63, 3.8) is 0 Å². The standard InChI is InChI=1S/C22H27BO2/c1-6-19(17-13-9-7-10-14-17)20(18-15-11-8-12-16-18)23-24-21(2,3)22(4,5)25-23/h7-16H,6H2,1-5H3/b20-19-. The first kappa shape index (κ1) is 18.0. The molecule has 0 atom stereocenters. The first-order valence-electron chi connectivity index (χ1n) is 9.05. The van der Waals surface area contributed by atoms with Gasteiger partial charge in [-0.3, -0.25) is 0 Å². The van der Waals surface area contributed by atoms with E-state index in [-0.39, 0.29) is 18.3 Å². The minimum Gasteiger partial charge on any atom is -0.399 e. The van der Waals surface area contributed by atoms with Gasteiger partial charge in [0.05, 0.1) is 11.2 Å². The minimum absolute atomic E-state index is 0.354. The van der Waals surface area contributed by atoms with E-state index in [9.17, 15) is 0 Å². The van der Waals surface area contributed by atoms with Crippen LogP contribution in [0.1, 0.15) is 52.2 Å². The van der Waals surface area contributed by atoms with Crippen LogP contribution >= 0.6 is 0 Å². The molecular formula is C22H27BO2. The predicted octanol–water partition coefficient (Wildman–Crippen LogP) is 5.64. The molecule has 0 unspecified atom stereocenters. The van der Waals surface area contributed by atoms with Crippen LogP contribution in [0.3, 0.4) is 0 Å². The SMILES string of the molecule is CC/C(=C(/B1OC(C)(C)C(C)(C)O1)c1ccccc1)c1ccccc1. The van der Waals surface area contributed by atoms with Gasteiger partial charge in [0.1, 0.15) is 0 Å². The fraction of sp³-hybridized carbons (Fsp3) is 0.364. The smallest absolute Gasteiger partial charge is 0.399 e. The molecule has 1 fully saturated rings. The van der Waals surface area contributed by atoms with Gasteiger partial charge in [0, 0.05) is 0 Å². The summed E-state index contributed by atoms with van der Waals surface area (Å²) in [5, 5.41) is 0. The van der Waals surface area contributed by atoms with Crippen molar-refractivity contribution in [3.8, 4) is 0 Å². The van der Waals surface area contributed by atoms with Crippen LogP contribution in [0.25, 0.3) is 11.0 Å². The Morgan fingerprint density at radius 2 is 1.20 bits per heavy atom. The molecule has 130 valence electrons. The summed E-state index contributed by atoms with van der Waals surface area (Å²) in [7, 11) is -0.373. The summed E-state index contributed by atoms with van der Waals surface area (Å²) in [6, 6.07) is 21.0. The van der Waals surface area contributed by atoms with E-state index in [0.29, 0.717) is 0 Å². The molecule has 25 heavy (non-hydrogen) atoms. The van der Waals surface area contributed by atoms with Crippen LogP contribution in [0.2, 0.25) is 0 Å². The van der Waals surface area contributed by atoms with E-state index in [1.54, 1.807) is 0 Å². The maximum Gasteiger partial charge on any atom is 0.495 e. The van der Waals surface area contributed by atoms with Gasteiger partial charge >= 0.3 is 7.12 Å². The summed E-state index contributed by atoms with van der Waals surface area (Å²) < 4.78 is 12.8. The third-order valence-electron chi connectivity index (χ3n) is 5.37. The van der Waals surface area contributed by atoms with Crippen molar-refractivity contribution in [1.82, 2.24) is 0 Å². The van der Waals surface area contributed by atoms with Gasteiger partial charge in [-0.25, -0.2) is 0 Å². The lowest BCUT2D eigenvalue weighted by Gasteiger charge is -2.32. The quantitative estimate of drug-likeness (QED) is 0.532. The summed E-state index contributed by atoms with van der Waals surface area (Å²) >= 11 is 0. The number of benzene rings is 2. The normalized spacial score (nSPS) is 19.6. The lowest BCUT2D eigenvalue weighted by Crippen LogP contribution is -2.41. The fourth-order valence-electron chi connectivity index (χ4n) is 3.22. The molecule has 3 rings (SSSR count). The number of allylic oxidation sites excluding steroid dienone is 1. The van der Waals surface area contributed by atoms with Gasteiger partial charge in [-0.1, -0.05) is 67.6 Å². The Labute approximate surface area is 152 Å². The molecule has 2 aromatic carbocycles. The first-order chi connectivity index (χ1) is 11.9. The van der Waals surface area contributed by atoms with Gasteiger partial charge in [-0.15, -0.1) is 0 Å². The monoisotopic (exact) mass is 334 g/mol. The van der Waals surface area contributed by atoms with Crippen LogP contribution in [0.15, 0.2) is 60.7 Å². The molecule has 2 nitrogen and oxygen atoms in total. The Balaban J connectivity index is 2.17. The zero-order valence-electron chi connectivity index (χ0n) is 15.9. The number of hydrogen-bond acceptors (Lipinski definition) is 2. The Morgan fingerprint density at radius 3 is 1.64 bits per heavy atom. The molecule has 1 aliphatic heterocycles. The van der Waals surface area contributed by atoms with Gasteiger partial charge < -0.3 is 9.31 Å². The fourth-order valence-corrected chi connectivity index (χ4v) is 3.22. The Morgan fingerprint density at radius 1 is 0.760 bits per heavy atom. The molecule has 0 aromatic heterocycles. The second kappa shape index (κ2) is 6.82. The van der Waals surface area contributed by atoms with E-state index in [1.807, 2.05) is 12.1 Å². The first-order valence-corrected chi connectivity index (χ1v) is 9.05. The van der Waals surface area contributed by atoms with Gasteiger partial charge in [-0.05, 0) is 56.3 Å². The lowest BCUT2D eigenvalue weighted by atomic mass is 9.69. The number of rotatable bonds is 4. The van der Waals surface area contributed by atoms with Crippen molar-refractivity contribution in [3.05, 3.63) is 71.8 Å². The minimum atomic E-state index is -0.373. The average Bonchev–Trinajstić information content (AvgIpc) is 2.81. The topological polar surface area (TPSA) is 18.5 Å². The van der Waals surface area contributed by atoms with E-state index in [0.717, 1.165) is 17.5 Å². The van der Waals surface area contributed by atoms with Crippen LogP contribution in [0.4, 0.5) is 0 Å². The highest BCUT2D eigenvalue weighted by atomic mass is 16.7. The van der Waals surface area contributed by atoms with Gasteiger partial charge in [0.25, 0.3) is 0 Å². The van der Waals surface area contributed by atoms with Crippen molar-refractivity contribution in [2.24, 2.45) is 0 Å². The summed E-state index contributed by atoms with van der Waals surface area (Å²) in [5.74, 6) is 0. The summed E-state index contributed by atoms with van der Waals surface area (Å²) in [4.78, 5) is 0. The zero-order chi connectivity index (χ0) is 18.1. The van der Waals surface area contributed by atoms with E-state index in [2.05, 4.69) is 83.1 Å². The Kier molecular flexibility index (Phi) is 4.90. The van der Waals surface area contributed by atoms with Crippen LogP contribution in [-0.4, -0.2) is 18.3 Å². The zero-order valence-corrected chi connectivity index (χ0v) is 15.9. The summed E-state index contributed by atoms with van der Waals surface area (Å²) in [6.45, 7) is 10.6. The van der Waals surface area contributed by atoms with Crippen LogP contribution in [0, 0.1) is 0 Å². The molecule has 0 bridgehead atoms. The maximum atomic E-state index is 6.40. The Bertz CT molecular complexity index is 732. The molecule has 0 radical (unpaired) electrons. The average molecular weight is 334 g/mol. The third kappa shape index (κ3) is 3.44. The maximum absolute atomic E-state index is 6.40. The van der Waals surface area contributed by atoms with Crippen LogP contribution < -0.4 is 0 Å². The van der Waals surface area contributed by atoms with Crippen molar-refractivity contribution in [2.45, 2.75) is 52.2 Å². The molecule has 0 spiro atoms. The third-order valence-corrected chi connectivity index (χ3v) is 5.37. The van der Waals surface area contributed by atoms with Crippen LogP contribution in [-0.2, 0) is 9.31 Å². The van der Waals surface area contributed by atoms with Gasteiger partial charge in [-0.2, -0.15) is 0 Å². The van der Waals surface area contributed by atoms with Gasteiger partial charge in [0.2, 0.25) is 0 Å². The largest absolute Gasteiger partial charge is 0.495 e. The molecule has 3 heteroatoms. The molecule has 2 aromatic rings. The molecule has 0 N–H and O–H groups in total. The molecule has 1 aliphatic rings. The van der Waals surface area contributed by atoms with Gasteiger partial charge in [0.15, 0.2) is 0 Å².